The van der Waals surface area contributed by atoms with Crippen LogP contribution < -0.4 is 0 Å². The van der Waals surface area contributed by atoms with E-state index in [9.17, 15) is 0 Å². The molecule has 0 saturated carbocycles. The highest BCUT2D eigenvalue weighted by atomic mass is 35.5. The summed E-state index contributed by atoms with van der Waals surface area (Å²) in [6.45, 7) is 3.11. The highest BCUT2D eigenvalue weighted by Gasteiger charge is 2.37. The highest BCUT2D eigenvalue weighted by molar-refractivity contribution is 6.17. The average molecular weight is 149 g/mol. The Morgan fingerprint density at radius 1 is 1.56 bits per heavy atom. The van der Waals surface area contributed by atoms with Crippen molar-refractivity contribution in [2.75, 3.05) is 12.5 Å². The first-order valence-corrected chi connectivity index (χ1v) is 4.00. The van der Waals surface area contributed by atoms with Gasteiger partial charge in [0.15, 0.2) is 0 Å². The second kappa shape index (κ2) is 2.89. The summed E-state index contributed by atoms with van der Waals surface area (Å²) < 4.78 is 5.20. The average Bonchev–Trinajstić information content (AvgIpc) is 2.50. The van der Waals surface area contributed by atoms with Gasteiger partial charge < -0.3 is 4.74 Å². The van der Waals surface area contributed by atoms with Crippen LogP contribution in [0, 0.1) is 0 Å². The fourth-order valence-corrected chi connectivity index (χ4v) is 1.05. The Bertz CT molecular complexity index is 88.9. The van der Waals surface area contributed by atoms with E-state index < -0.39 is 0 Å². The second-order valence-electron chi connectivity index (χ2n) is 2.88. The van der Waals surface area contributed by atoms with Crippen molar-refractivity contribution in [2.45, 2.75) is 31.8 Å². The summed E-state index contributed by atoms with van der Waals surface area (Å²) in [5.74, 6) is 0.788. The lowest BCUT2D eigenvalue weighted by molar-refractivity contribution is 0.303. The van der Waals surface area contributed by atoms with Crippen molar-refractivity contribution in [2.24, 2.45) is 0 Å². The predicted octanol–water partition coefficient (Wildman–Crippen LogP) is 2.18. The van der Waals surface area contributed by atoms with Gasteiger partial charge in [0, 0.05) is 5.88 Å². The molecule has 0 bridgehead atoms. The van der Waals surface area contributed by atoms with Gasteiger partial charge in [-0.05, 0) is 26.2 Å². The number of rotatable bonds is 4. The van der Waals surface area contributed by atoms with Gasteiger partial charge >= 0.3 is 0 Å². The molecule has 0 aromatic rings. The largest absolute Gasteiger partial charge is 0.370 e. The van der Waals surface area contributed by atoms with Crippen LogP contribution in [0.25, 0.3) is 0 Å². The minimum atomic E-state index is 0.242. The molecule has 1 nitrogen and oxygen atoms in total. The zero-order chi connectivity index (χ0) is 6.74. The standard InChI is InChI=1S/C7H13ClO/c1-7(6-9-7)4-2-3-5-8/h2-6H2,1H3. The maximum Gasteiger partial charge on any atom is 0.0888 e. The van der Waals surface area contributed by atoms with Gasteiger partial charge in [0.25, 0.3) is 0 Å². The molecule has 0 aliphatic carbocycles. The molecule has 0 aromatic heterocycles. The summed E-state index contributed by atoms with van der Waals surface area (Å²) in [5.41, 5.74) is 0.242. The van der Waals surface area contributed by atoms with Crippen LogP contribution in [-0.2, 0) is 4.74 Å². The van der Waals surface area contributed by atoms with E-state index in [1.165, 1.54) is 12.8 Å². The van der Waals surface area contributed by atoms with Gasteiger partial charge in [0.1, 0.15) is 0 Å². The van der Waals surface area contributed by atoms with E-state index in [1.807, 2.05) is 0 Å². The van der Waals surface area contributed by atoms with E-state index in [0.717, 1.165) is 18.9 Å². The quantitative estimate of drug-likeness (QED) is 0.338. The van der Waals surface area contributed by atoms with Gasteiger partial charge in [-0.2, -0.15) is 0 Å². The van der Waals surface area contributed by atoms with Crippen LogP contribution in [0.2, 0.25) is 0 Å². The number of ether oxygens (including phenoxy) is 1. The normalized spacial score (nSPS) is 32.7. The molecule has 1 rings (SSSR count). The van der Waals surface area contributed by atoms with Gasteiger partial charge in [-0.15, -0.1) is 11.6 Å². The molecule has 2 heteroatoms. The lowest BCUT2D eigenvalue weighted by Gasteiger charge is -2.01. The second-order valence-corrected chi connectivity index (χ2v) is 3.26. The van der Waals surface area contributed by atoms with Crippen molar-refractivity contribution < 1.29 is 4.74 Å². The Hall–Kier alpha value is 0.250. The number of alkyl halides is 1. The third-order valence-electron chi connectivity index (χ3n) is 1.73. The number of halogens is 1. The summed E-state index contributed by atoms with van der Waals surface area (Å²) in [7, 11) is 0. The summed E-state index contributed by atoms with van der Waals surface area (Å²) in [6, 6.07) is 0. The molecule has 0 radical (unpaired) electrons. The van der Waals surface area contributed by atoms with Crippen molar-refractivity contribution in [3.63, 3.8) is 0 Å². The van der Waals surface area contributed by atoms with Crippen molar-refractivity contribution in [3.05, 3.63) is 0 Å². The Labute approximate surface area is 61.3 Å². The molecule has 1 atom stereocenters. The topological polar surface area (TPSA) is 12.5 Å². The van der Waals surface area contributed by atoms with Crippen LogP contribution >= 0.6 is 11.6 Å². The Kier molecular flexibility index (Phi) is 2.36. The predicted molar refractivity (Wildman–Crippen MR) is 38.9 cm³/mol. The summed E-state index contributed by atoms with van der Waals surface area (Å²) in [4.78, 5) is 0. The van der Waals surface area contributed by atoms with Crippen LogP contribution in [0.3, 0.4) is 0 Å². The minimum Gasteiger partial charge on any atom is -0.370 e. The summed E-state index contributed by atoms with van der Waals surface area (Å²) in [5, 5.41) is 0. The maximum absolute atomic E-state index is 5.51. The first kappa shape index (κ1) is 7.36. The number of epoxide rings is 1. The molecule has 0 aromatic carbocycles. The van der Waals surface area contributed by atoms with Crippen molar-refractivity contribution in [1.82, 2.24) is 0 Å². The van der Waals surface area contributed by atoms with Gasteiger partial charge in [-0.3, -0.25) is 0 Å². The molecule has 1 fully saturated rings. The Morgan fingerprint density at radius 3 is 2.67 bits per heavy atom. The van der Waals surface area contributed by atoms with Crippen LogP contribution in [0.15, 0.2) is 0 Å². The lowest BCUT2D eigenvalue weighted by Crippen LogP contribution is -2.02. The first-order chi connectivity index (χ1) is 4.27. The number of hydrogen-bond acceptors (Lipinski definition) is 1. The van der Waals surface area contributed by atoms with E-state index in [-0.39, 0.29) is 5.60 Å². The lowest BCUT2D eigenvalue weighted by atomic mass is 10.1. The molecule has 1 unspecified atom stereocenters. The van der Waals surface area contributed by atoms with E-state index in [2.05, 4.69) is 6.92 Å². The third kappa shape index (κ3) is 2.55. The highest BCUT2D eigenvalue weighted by Crippen LogP contribution is 2.31. The van der Waals surface area contributed by atoms with Crippen molar-refractivity contribution in [1.29, 1.82) is 0 Å². The summed E-state index contributed by atoms with van der Waals surface area (Å²) in [6.07, 6.45) is 3.51. The van der Waals surface area contributed by atoms with Gasteiger partial charge in [0.2, 0.25) is 0 Å². The number of unbranched alkanes of at least 4 members (excludes halogenated alkanes) is 1. The molecule has 1 aliphatic heterocycles. The molecule has 0 amide bonds. The molecule has 1 heterocycles. The maximum atomic E-state index is 5.51. The zero-order valence-corrected chi connectivity index (χ0v) is 6.58. The Balaban J connectivity index is 1.92. The van der Waals surface area contributed by atoms with Crippen molar-refractivity contribution >= 4 is 11.6 Å². The molecule has 0 spiro atoms. The van der Waals surface area contributed by atoms with E-state index in [0.29, 0.717) is 0 Å². The minimum absolute atomic E-state index is 0.242. The van der Waals surface area contributed by atoms with E-state index >= 15 is 0 Å². The van der Waals surface area contributed by atoms with Crippen molar-refractivity contribution in [3.8, 4) is 0 Å². The van der Waals surface area contributed by atoms with Gasteiger partial charge in [0.05, 0.1) is 12.2 Å². The zero-order valence-electron chi connectivity index (χ0n) is 5.82. The monoisotopic (exact) mass is 148 g/mol. The third-order valence-corrected chi connectivity index (χ3v) is 1.99. The fraction of sp³-hybridized carbons (Fsp3) is 1.00. The van der Waals surface area contributed by atoms with Gasteiger partial charge in [-0.25, -0.2) is 0 Å². The van der Waals surface area contributed by atoms with Crippen LogP contribution in [-0.4, -0.2) is 18.1 Å². The molecule has 0 N–H and O–H groups in total. The molecule has 54 valence electrons. The van der Waals surface area contributed by atoms with Crippen LogP contribution in [0.4, 0.5) is 0 Å². The van der Waals surface area contributed by atoms with Gasteiger partial charge in [-0.1, -0.05) is 0 Å². The van der Waals surface area contributed by atoms with Crippen LogP contribution in [0.5, 0.6) is 0 Å². The first-order valence-electron chi connectivity index (χ1n) is 3.47. The van der Waals surface area contributed by atoms with E-state index in [4.69, 9.17) is 16.3 Å². The summed E-state index contributed by atoms with van der Waals surface area (Å²) >= 11 is 5.51. The number of hydrogen-bond donors (Lipinski definition) is 0. The molecular formula is C7H13ClO. The Morgan fingerprint density at radius 2 is 2.22 bits per heavy atom. The molecule has 1 aliphatic rings. The van der Waals surface area contributed by atoms with E-state index in [1.54, 1.807) is 0 Å². The molecule has 9 heavy (non-hydrogen) atoms. The fourth-order valence-electron chi connectivity index (χ4n) is 0.861. The molecule has 1 saturated heterocycles. The molecular weight excluding hydrogens is 136 g/mol. The van der Waals surface area contributed by atoms with Crippen LogP contribution in [0.1, 0.15) is 26.2 Å². The smallest absolute Gasteiger partial charge is 0.0888 e. The SMILES string of the molecule is CC1(CCCCCl)CO1.